The number of rotatable bonds is 8. The van der Waals surface area contributed by atoms with Crippen molar-refractivity contribution in [3.8, 4) is 11.5 Å². The summed E-state index contributed by atoms with van der Waals surface area (Å²) >= 11 is 0. The number of ether oxygens (including phenoxy) is 2. The van der Waals surface area contributed by atoms with Crippen LogP contribution in [0.3, 0.4) is 0 Å². The predicted octanol–water partition coefficient (Wildman–Crippen LogP) is 5.85. The van der Waals surface area contributed by atoms with Gasteiger partial charge < -0.3 is 25.4 Å². The van der Waals surface area contributed by atoms with E-state index in [9.17, 15) is 4.79 Å². The summed E-state index contributed by atoms with van der Waals surface area (Å²) in [6.45, 7) is 3.89. The van der Waals surface area contributed by atoms with Gasteiger partial charge in [-0.2, -0.15) is 0 Å². The molecule has 1 heterocycles. The van der Waals surface area contributed by atoms with Crippen molar-refractivity contribution in [2.45, 2.75) is 13.8 Å². The Morgan fingerprint density at radius 2 is 1.17 bits per heavy atom. The maximum atomic E-state index is 12.7. The average Bonchev–Trinajstić information content (AvgIpc) is 2.86. The minimum Gasteiger partial charge on any atom is -0.497 e. The molecule has 0 atom stereocenters. The molecule has 0 saturated carbocycles. The Morgan fingerprint density at radius 1 is 0.686 bits per heavy atom. The quantitative estimate of drug-likeness (QED) is 0.298. The van der Waals surface area contributed by atoms with Crippen molar-refractivity contribution in [1.82, 2.24) is 9.97 Å². The van der Waals surface area contributed by atoms with Crippen LogP contribution in [0.5, 0.6) is 11.5 Å². The second-order valence-corrected chi connectivity index (χ2v) is 7.93. The molecule has 1 amide bonds. The summed E-state index contributed by atoms with van der Waals surface area (Å²) in [4.78, 5) is 21.6. The fourth-order valence-electron chi connectivity index (χ4n) is 3.41. The second kappa shape index (κ2) is 10.6. The number of methoxy groups -OCH3 is 2. The molecule has 0 aliphatic carbocycles. The molecule has 0 radical (unpaired) electrons. The Hall–Kier alpha value is -4.59. The van der Waals surface area contributed by atoms with E-state index in [-0.39, 0.29) is 5.91 Å². The monoisotopic (exact) mass is 469 g/mol. The molecule has 4 aromatic rings. The van der Waals surface area contributed by atoms with E-state index in [4.69, 9.17) is 9.47 Å². The zero-order valence-corrected chi connectivity index (χ0v) is 20.0. The fourth-order valence-corrected chi connectivity index (χ4v) is 3.41. The van der Waals surface area contributed by atoms with Crippen molar-refractivity contribution >= 4 is 34.6 Å². The van der Waals surface area contributed by atoms with Gasteiger partial charge in [0.15, 0.2) is 0 Å². The largest absolute Gasteiger partial charge is 0.497 e. The summed E-state index contributed by atoms with van der Waals surface area (Å²) in [5.74, 6) is 2.83. The molecule has 0 aliphatic rings. The Kier molecular flexibility index (Phi) is 7.11. The SMILES string of the molecule is COc1cc(OC)cc(C(=O)Nc2ccc(Nc3cc(Nc4ccc(C)cc4)nc(C)n3)cc2)c1. The molecule has 0 aliphatic heterocycles. The molecule has 0 saturated heterocycles. The Bertz CT molecular complexity index is 1300. The number of aromatic nitrogens is 2. The summed E-state index contributed by atoms with van der Waals surface area (Å²) in [6, 6.07) is 22.4. The molecule has 1 aromatic heterocycles. The molecule has 0 spiro atoms. The van der Waals surface area contributed by atoms with Crippen LogP contribution in [0.1, 0.15) is 21.7 Å². The maximum Gasteiger partial charge on any atom is 0.255 e. The average molecular weight is 470 g/mol. The highest BCUT2D eigenvalue weighted by Gasteiger charge is 2.11. The van der Waals surface area contributed by atoms with Gasteiger partial charge in [-0.3, -0.25) is 4.79 Å². The summed E-state index contributed by atoms with van der Waals surface area (Å²) in [5, 5.41) is 9.48. The third-order valence-electron chi connectivity index (χ3n) is 5.19. The topological polar surface area (TPSA) is 97.4 Å². The van der Waals surface area contributed by atoms with E-state index in [1.54, 1.807) is 32.4 Å². The lowest BCUT2D eigenvalue weighted by Crippen LogP contribution is -2.12. The van der Waals surface area contributed by atoms with Crippen LogP contribution in [0, 0.1) is 13.8 Å². The first kappa shape index (κ1) is 23.6. The van der Waals surface area contributed by atoms with Gasteiger partial charge in [-0.15, -0.1) is 0 Å². The highest BCUT2D eigenvalue weighted by atomic mass is 16.5. The lowest BCUT2D eigenvalue weighted by atomic mass is 10.1. The van der Waals surface area contributed by atoms with Crippen molar-refractivity contribution in [2.24, 2.45) is 0 Å². The van der Waals surface area contributed by atoms with Crippen molar-refractivity contribution < 1.29 is 14.3 Å². The molecule has 8 nitrogen and oxygen atoms in total. The molecule has 8 heteroatoms. The van der Waals surface area contributed by atoms with Gasteiger partial charge in [0.05, 0.1) is 14.2 Å². The van der Waals surface area contributed by atoms with Crippen LogP contribution < -0.4 is 25.4 Å². The second-order valence-electron chi connectivity index (χ2n) is 7.93. The lowest BCUT2D eigenvalue weighted by molar-refractivity contribution is 0.102. The first-order valence-electron chi connectivity index (χ1n) is 11.0. The van der Waals surface area contributed by atoms with E-state index >= 15 is 0 Å². The van der Waals surface area contributed by atoms with Crippen molar-refractivity contribution in [1.29, 1.82) is 0 Å². The number of aryl methyl sites for hydroxylation is 2. The molecule has 3 N–H and O–H groups in total. The first-order chi connectivity index (χ1) is 16.9. The van der Waals surface area contributed by atoms with Crippen molar-refractivity contribution in [3.63, 3.8) is 0 Å². The summed E-state index contributed by atoms with van der Waals surface area (Å²) in [5.41, 5.74) is 4.06. The third kappa shape index (κ3) is 6.26. The van der Waals surface area contributed by atoms with Gasteiger partial charge >= 0.3 is 0 Å². The van der Waals surface area contributed by atoms with Crippen LogP contribution in [0.15, 0.2) is 72.8 Å². The number of amides is 1. The highest BCUT2D eigenvalue weighted by molar-refractivity contribution is 6.04. The lowest BCUT2D eigenvalue weighted by Gasteiger charge is -2.12. The minimum atomic E-state index is -0.263. The molecule has 0 unspecified atom stereocenters. The van der Waals surface area contributed by atoms with Crippen LogP contribution in [0.25, 0.3) is 0 Å². The number of nitrogens with one attached hydrogen (secondary N) is 3. The molecular formula is C27H27N5O3. The van der Waals surface area contributed by atoms with E-state index in [1.807, 2.05) is 68.4 Å². The van der Waals surface area contributed by atoms with Gasteiger partial charge in [0, 0.05) is 34.8 Å². The summed E-state index contributed by atoms with van der Waals surface area (Å²) in [7, 11) is 3.09. The molecule has 4 rings (SSSR count). The molecule has 0 fully saturated rings. The van der Waals surface area contributed by atoms with E-state index in [0.717, 1.165) is 11.4 Å². The standard InChI is InChI=1S/C27H27N5O3/c1-17-5-7-20(8-6-17)30-25-16-26(29-18(2)28-25)31-21-9-11-22(12-10-21)32-27(33)19-13-23(34-3)15-24(14-19)35-4/h5-16H,1-4H3,(H,32,33)(H2,28,29,30,31). The Labute approximate surface area is 204 Å². The molecule has 0 bridgehead atoms. The highest BCUT2D eigenvalue weighted by Crippen LogP contribution is 2.25. The zero-order chi connectivity index (χ0) is 24.8. The van der Waals surface area contributed by atoms with Gasteiger partial charge in [0.25, 0.3) is 5.91 Å². The van der Waals surface area contributed by atoms with Gasteiger partial charge in [-0.1, -0.05) is 17.7 Å². The van der Waals surface area contributed by atoms with Crippen molar-refractivity contribution in [3.05, 3.63) is 89.7 Å². The van der Waals surface area contributed by atoms with Gasteiger partial charge in [-0.05, 0) is 62.4 Å². The number of anilines is 5. The molecule has 178 valence electrons. The number of benzene rings is 3. The maximum absolute atomic E-state index is 12.7. The summed E-state index contributed by atoms with van der Waals surface area (Å²) in [6.07, 6.45) is 0. The van der Waals surface area contributed by atoms with E-state index in [0.29, 0.717) is 40.2 Å². The predicted molar refractivity (Wildman–Crippen MR) is 138 cm³/mol. The number of hydrogen-bond donors (Lipinski definition) is 3. The normalized spacial score (nSPS) is 10.4. The van der Waals surface area contributed by atoms with Crippen molar-refractivity contribution in [2.75, 3.05) is 30.2 Å². The van der Waals surface area contributed by atoms with E-state index in [2.05, 4.69) is 25.9 Å². The van der Waals surface area contributed by atoms with Crippen LogP contribution in [-0.2, 0) is 0 Å². The number of hydrogen-bond acceptors (Lipinski definition) is 7. The van der Waals surface area contributed by atoms with E-state index < -0.39 is 0 Å². The fraction of sp³-hybridized carbons (Fsp3) is 0.148. The van der Waals surface area contributed by atoms with Crippen LogP contribution in [0.2, 0.25) is 0 Å². The third-order valence-corrected chi connectivity index (χ3v) is 5.19. The Balaban J connectivity index is 1.43. The minimum absolute atomic E-state index is 0.263. The van der Waals surface area contributed by atoms with E-state index in [1.165, 1.54) is 5.56 Å². The van der Waals surface area contributed by atoms with Crippen LogP contribution >= 0.6 is 0 Å². The van der Waals surface area contributed by atoms with Crippen LogP contribution in [-0.4, -0.2) is 30.1 Å². The first-order valence-corrected chi connectivity index (χ1v) is 11.0. The number of nitrogens with zero attached hydrogens (tertiary/aromatic N) is 2. The Morgan fingerprint density at radius 3 is 1.69 bits per heavy atom. The molecule has 3 aromatic carbocycles. The smallest absolute Gasteiger partial charge is 0.255 e. The zero-order valence-electron chi connectivity index (χ0n) is 20.0. The number of carbonyl (C=O) groups excluding carboxylic acids is 1. The molecular weight excluding hydrogens is 442 g/mol. The van der Waals surface area contributed by atoms with Gasteiger partial charge in [-0.25, -0.2) is 9.97 Å². The molecule has 35 heavy (non-hydrogen) atoms. The summed E-state index contributed by atoms with van der Waals surface area (Å²) < 4.78 is 10.5. The van der Waals surface area contributed by atoms with Crippen LogP contribution in [0.4, 0.5) is 28.7 Å². The van der Waals surface area contributed by atoms with Gasteiger partial charge in [0.1, 0.15) is 29.0 Å². The van der Waals surface area contributed by atoms with Gasteiger partial charge in [0.2, 0.25) is 0 Å². The number of carbonyl (C=O) groups is 1.